The summed E-state index contributed by atoms with van der Waals surface area (Å²) in [6.45, 7) is 0.594. The molecule has 0 saturated carbocycles. The van der Waals surface area contributed by atoms with Crippen molar-refractivity contribution in [1.29, 1.82) is 0 Å². The van der Waals surface area contributed by atoms with Gasteiger partial charge in [-0.15, -0.1) is 0 Å². The summed E-state index contributed by atoms with van der Waals surface area (Å²) in [5, 5.41) is 2.17. The lowest BCUT2D eigenvalue weighted by Crippen LogP contribution is -2.23. The van der Waals surface area contributed by atoms with E-state index in [1.54, 1.807) is 0 Å². The maximum atomic E-state index is 13.3. The molecule has 5 nitrogen and oxygen atoms in total. The van der Waals surface area contributed by atoms with E-state index < -0.39 is 0 Å². The number of aromatic amines is 1. The van der Waals surface area contributed by atoms with Crippen LogP contribution in [0, 0.1) is 0 Å². The summed E-state index contributed by atoms with van der Waals surface area (Å²) in [5.74, 6) is 0.555. The van der Waals surface area contributed by atoms with Gasteiger partial charge in [-0.05, 0) is 18.1 Å². The number of nitrogens with one attached hydrogen (secondary N) is 1. The zero-order valence-corrected chi connectivity index (χ0v) is 17.2. The fourth-order valence-corrected chi connectivity index (χ4v) is 3.97. The van der Waals surface area contributed by atoms with E-state index in [1.165, 1.54) is 5.56 Å². The van der Waals surface area contributed by atoms with Crippen LogP contribution in [-0.4, -0.2) is 21.1 Å². The molecule has 0 unspecified atom stereocenters. The summed E-state index contributed by atoms with van der Waals surface area (Å²) < 4.78 is 1.97. The van der Waals surface area contributed by atoms with Crippen LogP contribution in [0.15, 0.2) is 94.7 Å². The molecule has 0 aliphatic carbocycles. The first kappa shape index (κ1) is 19.0. The molecule has 152 valence electrons. The SMILES string of the molecule is Cn1c2ccccc2c(=NCCc2ccccc2)c2c(=O)[nH]c(-c3ccccc3)nc21. The molecule has 0 radical (unpaired) electrons. The molecule has 1 N–H and O–H groups in total. The molecule has 0 aliphatic heterocycles. The Morgan fingerprint density at radius 3 is 2.35 bits per heavy atom. The van der Waals surface area contributed by atoms with Crippen LogP contribution in [0.25, 0.3) is 33.3 Å². The van der Waals surface area contributed by atoms with Gasteiger partial charge >= 0.3 is 0 Å². The third-order valence-electron chi connectivity index (χ3n) is 5.54. The molecule has 0 saturated heterocycles. The first-order valence-electron chi connectivity index (χ1n) is 10.3. The van der Waals surface area contributed by atoms with E-state index in [0.717, 1.165) is 22.9 Å². The van der Waals surface area contributed by atoms with E-state index >= 15 is 0 Å². The summed E-state index contributed by atoms with van der Waals surface area (Å²) in [4.78, 5) is 25.9. The van der Waals surface area contributed by atoms with Crippen molar-refractivity contribution >= 4 is 21.9 Å². The van der Waals surface area contributed by atoms with Gasteiger partial charge in [-0.2, -0.15) is 0 Å². The van der Waals surface area contributed by atoms with E-state index in [1.807, 2.05) is 84.4 Å². The zero-order chi connectivity index (χ0) is 21.2. The molecule has 5 rings (SSSR count). The number of aryl methyl sites for hydroxylation is 1. The molecule has 3 aromatic carbocycles. The lowest BCUT2D eigenvalue weighted by Gasteiger charge is -2.12. The second kappa shape index (κ2) is 8.03. The van der Waals surface area contributed by atoms with Crippen LogP contribution < -0.4 is 10.9 Å². The fourth-order valence-electron chi connectivity index (χ4n) is 3.97. The number of hydrogen-bond donors (Lipinski definition) is 1. The minimum absolute atomic E-state index is 0.177. The third kappa shape index (κ3) is 3.55. The van der Waals surface area contributed by atoms with E-state index in [-0.39, 0.29) is 5.56 Å². The van der Waals surface area contributed by atoms with Crippen LogP contribution in [0.1, 0.15) is 5.56 Å². The van der Waals surface area contributed by atoms with Crippen molar-refractivity contribution in [2.45, 2.75) is 6.42 Å². The predicted octanol–water partition coefficient (Wildman–Crippen LogP) is 4.23. The highest BCUT2D eigenvalue weighted by Gasteiger charge is 2.14. The molecule has 0 aliphatic rings. The van der Waals surface area contributed by atoms with E-state index in [9.17, 15) is 4.79 Å². The highest BCUT2D eigenvalue weighted by atomic mass is 16.1. The van der Waals surface area contributed by atoms with Gasteiger partial charge in [0.25, 0.3) is 5.56 Å². The van der Waals surface area contributed by atoms with Crippen LogP contribution in [0.5, 0.6) is 0 Å². The van der Waals surface area contributed by atoms with Crippen LogP contribution in [0.3, 0.4) is 0 Å². The van der Waals surface area contributed by atoms with Crippen molar-refractivity contribution in [3.63, 3.8) is 0 Å². The van der Waals surface area contributed by atoms with Crippen molar-refractivity contribution in [1.82, 2.24) is 14.5 Å². The number of rotatable bonds is 4. The average molecular weight is 406 g/mol. The number of benzene rings is 3. The normalized spacial score (nSPS) is 12.0. The van der Waals surface area contributed by atoms with Gasteiger partial charge in [0.1, 0.15) is 16.9 Å². The van der Waals surface area contributed by atoms with Crippen molar-refractivity contribution in [3.05, 3.63) is 106 Å². The molecular formula is C26H22N4O. The molecule has 0 spiro atoms. The molecule has 2 aromatic heterocycles. The monoisotopic (exact) mass is 406 g/mol. The second-order valence-corrected chi connectivity index (χ2v) is 7.52. The Labute approximate surface area is 179 Å². The van der Waals surface area contributed by atoms with Crippen LogP contribution in [-0.2, 0) is 13.5 Å². The summed E-state index contributed by atoms with van der Waals surface area (Å²) >= 11 is 0. The minimum Gasteiger partial charge on any atom is -0.328 e. The van der Waals surface area contributed by atoms with Crippen molar-refractivity contribution < 1.29 is 0 Å². The van der Waals surface area contributed by atoms with Crippen molar-refractivity contribution in [2.75, 3.05) is 6.54 Å². The Morgan fingerprint density at radius 1 is 0.903 bits per heavy atom. The van der Waals surface area contributed by atoms with E-state index in [4.69, 9.17) is 9.98 Å². The molecule has 2 heterocycles. The van der Waals surface area contributed by atoms with Gasteiger partial charge in [0, 0.05) is 24.5 Å². The standard InChI is InChI=1S/C26H22N4O/c1-30-21-15-9-8-14-20(21)23(27-17-16-18-10-4-2-5-11-18)22-25(30)28-24(29-26(22)31)19-12-6-3-7-13-19/h2-15H,16-17H2,1H3,(H,28,29,31). The predicted molar refractivity (Wildman–Crippen MR) is 125 cm³/mol. The number of fused-ring (bicyclic) bond motifs is 2. The zero-order valence-electron chi connectivity index (χ0n) is 17.2. The largest absolute Gasteiger partial charge is 0.328 e. The van der Waals surface area contributed by atoms with Crippen molar-refractivity contribution in [2.24, 2.45) is 12.0 Å². The van der Waals surface area contributed by atoms with Gasteiger partial charge in [-0.3, -0.25) is 9.79 Å². The molecular weight excluding hydrogens is 384 g/mol. The highest BCUT2D eigenvalue weighted by molar-refractivity contribution is 5.91. The number of hydrogen-bond acceptors (Lipinski definition) is 3. The summed E-state index contributed by atoms with van der Waals surface area (Å²) in [6, 6.07) is 28.0. The van der Waals surface area contributed by atoms with Gasteiger partial charge in [0.2, 0.25) is 0 Å². The molecule has 0 fully saturated rings. The minimum atomic E-state index is -0.177. The first-order chi connectivity index (χ1) is 15.2. The molecule has 0 amide bonds. The lowest BCUT2D eigenvalue weighted by atomic mass is 10.1. The van der Waals surface area contributed by atoms with E-state index in [2.05, 4.69) is 17.1 Å². The Morgan fingerprint density at radius 2 is 1.58 bits per heavy atom. The Kier molecular flexibility index (Phi) is 4.92. The topological polar surface area (TPSA) is 63.0 Å². The summed E-state index contributed by atoms with van der Waals surface area (Å²) in [5.41, 5.74) is 3.53. The van der Waals surface area contributed by atoms with E-state index in [0.29, 0.717) is 28.8 Å². The van der Waals surface area contributed by atoms with Gasteiger partial charge < -0.3 is 9.55 Å². The van der Waals surface area contributed by atoms with Crippen molar-refractivity contribution in [3.8, 4) is 11.4 Å². The smallest absolute Gasteiger partial charge is 0.262 e. The summed E-state index contributed by atoms with van der Waals surface area (Å²) in [6.07, 6.45) is 0.811. The first-order valence-corrected chi connectivity index (χ1v) is 10.3. The molecule has 0 bridgehead atoms. The molecule has 0 atom stereocenters. The Hall–Kier alpha value is -3.99. The second-order valence-electron chi connectivity index (χ2n) is 7.52. The number of pyridine rings is 1. The van der Waals surface area contributed by atoms with Crippen LogP contribution >= 0.6 is 0 Å². The number of aromatic nitrogens is 3. The van der Waals surface area contributed by atoms with Gasteiger partial charge in [-0.25, -0.2) is 4.98 Å². The highest BCUT2D eigenvalue weighted by Crippen LogP contribution is 2.18. The summed E-state index contributed by atoms with van der Waals surface area (Å²) in [7, 11) is 1.94. The Bertz CT molecular complexity index is 1500. The lowest BCUT2D eigenvalue weighted by molar-refractivity contribution is 0.929. The maximum Gasteiger partial charge on any atom is 0.262 e. The van der Waals surface area contributed by atoms with Gasteiger partial charge in [0.05, 0.1) is 10.9 Å². The van der Waals surface area contributed by atoms with Gasteiger partial charge in [0.15, 0.2) is 0 Å². The molecule has 5 aromatic rings. The fraction of sp³-hybridized carbons (Fsp3) is 0.115. The average Bonchev–Trinajstić information content (AvgIpc) is 2.82. The van der Waals surface area contributed by atoms with Crippen LogP contribution in [0.4, 0.5) is 0 Å². The van der Waals surface area contributed by atoms with Crippen LogP contribution in [0.2, 0.25) is 0 Å². The molecule has 5 heteroatoms. The third-order valence-corrected chi connectivity index (χ3v) is 5.54. The number of para-hydroxylation sites is 1. The maximum absolute atomic E-state index is 13.3. The number of H-pyrrole nitrogens is 1. The Balaban J connectivity index is 1.75. The quantitative estimate of drug-likeness (QED) is 0.454. The van der Waals surface area contributed by atoms with Gasteiger partial charge in [-0.1, -0.05) is 78.9 Å². The number of nitrogens with zero attached hydrogens (tertiary/aromatic N) is 3. The molecule has 31 heavy (non-hydrogen) atoms.